The zero-order valence-corrected chi connectivity index (χ0v) is 19.2. The summed E-state index contributed by atoms with van der Waals surface area (Å²) < 4.78 is 3.29. The molecular weight excluding hydrogens is 447 g/mol. The summed E-state index contributed by atoms with van der Waals surface area (Å²) in [6.45, 7) is 5.70. The average Bonchev–Trinajstić information content (AvgIpc) is 3.05. The Kier molecular flexibility index (Phi) is 5.41. The number of rotatable bonds is 4. The number of hydrogen-bond donors (Lipinski definition) is 2. The van der Waals surface area contributed by atoms with Crippen LogP contribution in [0.25, 0.3) is 16.7 Å². The molecule has 0 fully saturated rings. The molecule has 0 radical (unpaired) electrons. The van der Waals surface area contributed by atoms with Gasteiger partial charge in [0, 0.05) is 24.5 Å². The standard InChI is InChI=1S/C23H22Cl2N6O/c1-13(2)30-22(32)17-12-27-23(28-16-7-6-15-11-26-9-8-14(15)10-16)29-21(17)31(30)20-18(24)4-3-5-19(20)25/h3-7,10,12-13,26H,8-9,11H2,1-2H3,(H,27,28,29). The highest BCUT2D eigenvalue weighted by Crippen LogP contribution is 2.31. The van der Waals surface area contributed by atoms with Crippen LogP contribution >= 0.6 is 23.2 Å². The second-order valence-electron chi connectivity index (χ2n) is 8.09. The Balaban J connectivity index is 1.66. The van der Waals surface area contributed by atoms with E-state index in [4.69, 9.17) is 28.2 Å². The molecule has 4 aromatic rings. The highest BCUT2D eigenvalue weighted by atomic mass is 35.5. The summed E-state index contributed by atoms with van der Waals surface area (Å²) in [6, 6.07) is 11.4. The topological polar surface area (TPSA) is 76.8 Å². The summed E-state index contributed by atoms with van der Waals surface area (Å²) >= 11 is 13.0. The van der Waals surface area contributed by atoms with E-state index in [0.29, 0.717) is 32.7 Å². The van der Waals surface area contributed by atoms with Gasteiger partial charge in [-0.3, -0.25) is 4.79 Å². The molecule has 0 unspecified atom stereocenters. The van der Waals surface area contributed by atoms with E-state index in [0.717, 1.165) is 25.2 Å². The Morgan fingerprint density at radius 3 is 2.66 bits per heavy atom. The second kappa shape index (κ2) is 8.24. The maximum Gasteiger partial charge on any atom is 0.278 e. The van der Waals surface area contributed by atoms with E-state index in [1.165, 1.54) is 11.1 Å². The number of fused-ring (bicyclic) bond motifs is 2. The SMILES string of the molecule is CC(C)n1c(=O)c2cnc(Nc3ccc4c(c3)CCNC4)nc2n1-c1c(Cl)cccc1Cl. The van der Waals surface area contributed by atoms with E-state index in [2.05, 4.69) is 27.8 Å². The van der Waals surface area contributed by atoms with Crippen molar-refractivity contribution in [2.45, 2.75) is 32.9 Å². The molecule has 0 saturated heterocycles. The molecule has 164 valence electrons. The van der Waals surface area contributed by atoms with Crippen molar-refractivity contribution in [2.75, 3.05) is 11.9 Å². The lowest BCUT2D eigenvalue weighted by Gasteiger charge is -2.18. The van der Waals surface area contributed by atoms with Gasteiger partial charge in [-0.2, -0.15) is 4.98 Å². The first-order chi connectivity index (χ1) is 15.4. The number of hydrogen-bond acceptors (Lipinski definition) is 5. The molecule has 1 aliphatic rings. The van der Waals surface area contributed by atoms with Crippen molar-refractivity contribution in [3.8, 4) is 5.69 Å². The van der Waals surface area contributed by atoms with Gasteiger partial charge in [0.25, 0.3) is 5.56 Å². The van der Waals surface area contributed by atoms with Crippen LogP contribution in [0.5, 0.6) is 0 Å². The number of benzene rings is 2. The lowest BCUT2D eigenvalue weighted by atomic mass is 10.0. The smallest absolute Gasteiger partial charge is 0.278 e. The van der Waals surface area contributed by atoms with Gasteiger partial charge >= 0.3 is 0 Å². The molecule has 2 aromatic heterocycles. The van der Waals surface area contributed by atoms with Gasteiger partial charge in [-0.25, -0.2) is 14.3 Å². The maximum absolute atomic E-state index is 13.2. The van der Waals surface area contributed by atoms with Crippen LogP contribution in [0, 0.1) is 0 Å². The Morgan fingerprint density at radius 2 is 1.91 bits per heavy atom. The zero-order valence-electron chi connectivity index (χ0n) is 17.7. The molecule has 0 amide bonds. The molecule has 0 saturated carbocycles. The minimum absolute atomic E-state index is 0.144. The number of nitrogens with one attached hydrogen (secondary N) is 2. The fourth-order valence-electron chi connectivity index (χ4n) is 4.12. The highest BCUT2D eigenvalue weighted by molar-refractivity contribution is 6.37. The molecule has 0 spiro atoms. The van der Waals surface area contributed by atoms with Gasteiger partial charge < -0.3 is 10.6 Å². The molecule has 2 N–H and O–H groups in total. The van der Waals surface area contributed by atoms with Crippen LogP contribution in [0.15, 0.2) is 47.4 Å². The first kappa shape index (κ1) is 21.0. The van der Waals surface area contributed by atoms with E-state index in [1.54, 1.807) is 33.8 Å². The minimum atomic E-state index is -0.196. The number of halogens is 2. The van der Waals surface area contributed by atoms with Crippen LogP contribution in [0.2, 0.25) is 10.0 Å². The zero-order chi connectivity index (χ0) is 22.4. The lowest BCUT2D eigenvalue weighted by Crippen LogP contribution is -2.24. The minimum Gasteiger partial charge on any atom is -0.324 e. The summed E-state index contributed by atoms with van der Waals surface area (Å²) in [5.41, 5.74) is 4.27. The highest BCUT2D eigenvalue weighted by Gasteiger charge is 2.22. The molecule has 0 bridgehead atoms. The first-order valence-corrected chi connectivity index (χ1v) is 11.2. The monoisotopic (exact) mass is 468 g/mol. The Hall–Kier alpha value is -2.87. The Labute approximate surface area is 195 Å². The van der Waals surface area contributed by atoms with Gasteiger partial charge in [0.1, 0.15) is 11.1 Å². The molecule has 32 heavy (non-hydrogen) atoms. The van der Waals surface area contributed by atoms with Crippen molar-refractivity contribution < 1.29 is 0 Å². The Bertz CT molecular complexity index is 1370. The molecule has 1 aliphatic heterocycles. The summed E-state index contributed by atoms with van der Waals surface area (Å²) in [6.07, 6.45) is 2.53. The quantitative estimate of drug-likeness (QED) is 0.447. The third-order valence-corrected chi connectivity index (χ3v) is 6.22. The summed E-state index contributed by atoms with van der Waals surface area (Å²) in [7, 11) is 0. The molecule has 9 heteroatoms. The molecule has 5 rings (SSSR count). The van der Waals surface area contributed by atoms with Crippen LogP contribution in [0.4, 0.5) is 11.6 Å². The summed E-state index contributed by atoms with van der Waals surface area (Å²) in [5, 5.41) is 7.92. The molecule has 0 atom stereocenters. The van der Waals surface area contributed by atoms with Gasteiger partial charge in [0.05, 0.1) is 10.0 Å². The number of aromatic nitrogens is 4. The predicted molar refractivity (Wildman–Crippen MR) is 129 cm³/mol. The van der Waals surface area contributed by atoms with Gasteiger partial charge in [-0.15, -0.1) is 0 Å². The van der Waals surface area contributed by atoms with E-state index in [-0.39, 0.29) is 11.6 Å². The van der Waals surface area contributed by atoms with Crippen LogP contribution in [0.3, 0.4) is 0 Å². The fourth-order valence-corrected chi connectivity index (χ4v) is 4.67. The van der Waals surface area contributed by atoms with Crippen molar-refractivity contribution in [2.24, 2.45) is 0 Å². The van der Waals surface area contributed by atoms with Gasteiger partial charge in [0.2, 0.25) is 5.95 Å². The van der Waals surface area contributed by atoms with E-state index < -0.39 is 0 Å². The number of para-hydroxylation sites is 1. The predicted octanol–water partition coefficient (Wildman–Crippen LogP) is 4.86. The largest absolute Gasteiger partial charge is 0.324 e. The molecule has 2 aromatic carbocycles. The third kappa shape index (κ3) is 3.56. The van der Waals surface area contributed by atoms with Crippen LogP contribution in [-0.2, 0) is 13.0 Å². The lowest BCUT2D eigenvalue weighted by molar-refractivity contribution is 0.476. The molecule has 3 heterocycles. The average molecular weight is 469 g/mol. The van der Waals surface area contributed by atoms with Crippen molar-refractivity contribution in [1.29, 1.82) is 0 Å². The first-order valence-electron chi connectivity index (χ1n) is 10.5. The van der Waals surface area contributed by atoms with Gasteiger partial charge in [-0.1, -0.05) is 35.3 Å². The van der Waals surface area contributed by atoms with E-state index in [9.17, 15) is 4.79 Å². The third-order valence-electron chi connectivity index (χ3n) is 5.61. The van der Waals surface area contributed by atoms with Crippen LogP contribution in [0.1, 0.15) is 31.0 Å². The normalized spacial score (nSPS) is 13.5. The van der Waals surface area contributed by atoms with E-state index in [1.807, 2.05) is 19.9 Å². The van der Waals surface area contributed by atoms with Crippen molar-refractivity contribution in [3.05, 3.63) is 74.1 Å². The Morgan fingerprint density at radius 1 is 1.12 bits per heavy atom. The summed E-state index contributed by atoms with van der Waals surface area (Å²) in [5.74, 6) is 0.393. The number of nitrogens with zero attached hydrogens (tertiary/aromatic N) is 4. The second-order valence-corrected chi connectivity index (χ2v) is 8.91. The number of anilines is 2. The molecule has 7 nitrogen and oxygen atoms in total. The van der Waals surface area contributed by atoms with Crippen LogP contribution in [-0.4, -0.2) is 25.9 Å². The maximum atomic E-state index is 13.2. The van der Waals surface area contributed by atoms with Crippen molar-refractivity contribution >= 4 is 45.9 Å². The van der Waals surface area contributed by atoms with Crippen molar-refractivity contribution in [1.82, 2.24) is 24.6 Å². The van der Waals surface area contributed by atoms with E-state index >= 15 is 0 Å². The molecular formula is C23H22Cl2N6O. The fraction of sp³-hybridized carbons (Fsp3) is 0.261. The molecule has 0 aliphatic carbocycles. The van der Waals surface area contributed by atoms with Gasteiger partial charge in [-0.05, 0) is 62.2 Å². The van der Waals surface area contributed by atoms with Crippen molar-refractivity contribution in [3.63, 3.8) is 0 Å². The summed E-state index contributed by atoms with van der Waals surface area (Å²) in [4.78, 5) is 22.3. The van der Waals surface area contributed by atoms with Crippen LogP contribution < -0.4 is 16.2 Å². The van der Waals surface area contributed by atoms with Gasteiger partial charge in [0.15, 0.2) is 5.65 Å².